The molecule has 104 valence electrons. The summed E-state index contributed by atoms with van der Waals surface area (Å²) in [5.41, 5.74) is 0. The molecule has 0 aliphatic rings. The summed E-state index contributed by atoms with van der Waals surface area (Å²) in [7, 11) is -2.00. The van der Waals surface area contributed by atoms with E-state index in [1.807, 2.05) is 13.8 Å². The molecule has 0 N–H and O–H groups in total. The van der Waals surface area contributed by atoms with Gasteiger partial charge in [0.05, 0.1) is 26.4 Å². The third kappa shape index (κ3) is 7.89. The molecule has 17 heavy (non-hydrogen) atoms. The third-order valence-electron chi connectivity index (χ3n) is 2.67. The van der Waals surface area contributed by atoms with Crippen molar-refractivity contribution in [1.82, 2.24) is 0 Å². The summed E-state index contributed by atoms with van der Waals surface area (Å²) in [6.07, 6.45) is 0. The van der Waals surface area contributed by atoms with E-state index in [1.165, 1.54) is 0 Å². The van der Waals surface area contributed by atoms with E-state index in [1.54, 1.807) is 0 Å². The maximum atomic E-state index is 5.95. The van der Waals surface area contributed by atoms with Crippen molar-refractivity contribution in [2.24, 2.45) is 0 Å². The third-order valence-corrected chi connectivity index (χ3v) is 6.29. The molecular weight excluding hydrogens is 236 g/mol. The van der Waals surface area contributed by atoms with Crippen LogP contribution in [0.4, 0.5) is 0 Å². The zero-order valence-electron chi connectivity index (χ0n) is 11.8. The topological polar surface area (TPSA) is 36.9 Å². The zero-order valence-corrected chi connectivity index (χ0v) is 12.8. The molecule has 0 aliphatic carbocycles. The number of hydrogen-bond donors (Lipinski definition) is 0. The number of hydrogen-bond acceptors (Lipinski definition) is 4. The second-order valence-corrected chi connectivity index (χ2v) is 7.52. The van der Waals surface area contributed by atoms with E-state index < -0.39 is 8.56 Å². The molecule has 0 radical (unpaired) electrons. The number of ether oxygens (including phenoxy) is 2. The number of rotatable bonds is 12. The Hall–Kier alpha value is 0.0569. The Bertz CT molecular complexity index is 149. The predicted octanol–water partition coefficient (Wildman–Crippen LogP) is 2.57. The van der Waals surface area contributed by atoms with Gasteiger partial charge in [-0.15, -0.1) is 0 Å². The van der Waals surface area contributed by atoms with E-state index in [0.717, 1.165) is 25.3 Å². The van der Waals surface area contributed by atoms with E-state index in [0.29, 0.717) is 26.4 Å². The van der Waals surface area contributed by atoms with Crippen molar-refractivity contribution in [1.29, 1.82) is 0 Å². The van der Waals surface area contributed by atoms with Gasteiger partial charge in [0.15, 0.2) is 0 Å². The molecule has 0 aromatic heterocycles. The molecule has 0 aromatic rings. The quantitative estimate of drug-likeness (QED) is 0.401. The first-order valence-electron chi connectivity index (χ1n) is 6.68. The Morgan fingerprint density at radius 3 is 1.35 bits per heavy atom. The average Bonchev–Trinajstić information content (AvgIpc) is 2.37. The monoisotopic (exact) mass is 264 g/mol. The lowest BCUT2D eigenvalue weighted by Crippen LogP contribution is -2.42. The van der Waals surface area contributed by atoms with Crippen LogP contribution in [-0.2, 0) is 18.3 Å². The van der Waals surface area contributed by atoms with Crippen LogP contribution in [-0.4, -0.2) is 48.2 Å². The minimum absolute atomic E-state index is 0.635. The van der Waals surface area contributed by atoms with E-state index in [4.69, 9.17) is 18.3 Å². The molecular formula is C12H28O4Si. The van der Waals surface area contributed by atoms with Crippen molar-refractivity contribution in [3.05, 3.63) is 0 Å². The van der Waals surface area contributed by atoms with E-state index in [2.05, 4.69) is 13.8 Å². The fourth-order valence-electron chi connectivity index (χ4n) is 1.56. The highest BCUT2D eigenvalue weighted by molar-refractivity contribution is 6.67. The van der Waals surface area contributed by atoms with Crippen LogP contribution in [0.2, 0.25) is 12.1 Å². The van der Waals surface area contributed by atoms with Crippen molar-refractivity contribution in [2.45, 2.75) is 39.8 Å². The van der Waals surface area contributed by atoms with Gasteiger partial charge < -0.3 is 18.3 Å². The Kier molecular flexibility index (Phi) is 11.2. The van der Waals surface area contributed by atoms with Crippen LogP contribution in [0.5, 0.6) is 0 Å². The molecule has 0 unspecified atom stereocenters. The van der Waals surface area contributed by atoms with Crippen LogP contribution >= 0.6 is 0 Å². The Morgan fingerprint density at radius 1 is 0.647 bits per heavy atom. The van der Waals surface area contributed by atoms with E-state index >= 15 is 0 Å². The molecule has 0 atom stereocenters. The zero-order chi connectivity index (χ0) is 13.0. The van der Waals surface area contributed by atoms with Crippen LogP contribution < -0.4 is 0 Å². The molecule has 0 rings (SSSR count). The first-order valence-corrected chi connectivity index (χ1v) is 8.91. The molecule has 5 heteroatoms. The minimum Gasteiger partial charge on any atom is -0.392 e. The molecule has 0 bridgehead atoms. The fourth-order valence-corrected chi connectivity index (χ4v) is 3.87. The van der Waals surface area contributed by atoms with Gasteiger partial charge >= 0.3 is 8.56 Å². The summed E-state index contributed by atoms with van der Waals surface area (Å²) in [5, 5.41) is 0. The summed E-state index contributed by atoms with van der Waals surface area (Å²) in [5.74, 6) is 0. The molecule has 0 amide bonds. The van der Waals surface area contributed by atoms with E-state index in [-0.39, 0.29) is 0 Å². The summed E-state index contributed by atoms with van der Waals surface area (Å²) in [6.45, 7) is 12.3. The van der Waals surface area contributed by atoms with Gasteiger partial charge in [0.25, 0.3) is 0 Å². The highest BCUT2D eigenvalue weighted by Gasteiger charge is 2.33. The second kappa shape index (κ2) is 11.2. The molecule has 0 saturated carbocycles. The van der Waals surface area contributed by atoms with Crippen LogP contribution in [0, 0.1) is 0 Å². The van der Waals surface area contributed by atoms with Gasteiger partial charge in [-0.3, -0.25) is 0 Å². The van der Waals surface area contributed by atoms with Crippen molar-refractivity contribution < 1.29 is 18.3 Å². The molecule has 0 spiro atoms. The van der Waals surface area contributed by atoms with Crippen LogP contribution in [0.1, 0.15) is 27.7 Å². The summed E-state index contributed by atoms with van der Waals surface area (Å²) in [4.78, 5) is 0. The maximum Gasteiger partial charge on any atom is 0.337 e. The Morgan fingerprint density at radius 2 is 1.06 bits per heavy atom. The van der Waals surface area contributed by atoms with Gasteiger partial charge in [0.2, 0.25) is 0 Å². The van der Waals surface area contributed by atoms with Crippen molar-refractivity contribution in [3.63, 3.8) is 0 Å². The smallest absolute Gasteiger partial charge is 0.337 e. The van der Waals surface area contributed by atoms with Gasteiger partial charge in [0.1, 0.15) is 0 Å². The molecule has 0 heterocycles. The Labute approximate surface area is 107 Å². The van der Waals surface area contributed by atoms with Gasteiger partial charge in [-0.05, 0) is 25.9 Å². The molecule has 4 nitrogen and oxygen atoms in total. The summed E-state index contributed by atoms with van der Waals surface area (Å²) in [6, 6.07) is 1.95. The van der Waals surface area contributed by atoms with Crippen molar-refractivity contribution >= 4 is 8.56 Å². The molecule has 0 fully saturated rings. The molecule has 0 aliphatic heterocycles. The first kappa shape index (κ1) is 17.1. The summed E-state index contributed by atoms with van der Waals surface area (Å²) >= 11 is 0. The van der Waals surface area contributed by atoms with Crippen LogP contribution in [0.25, 0.3) is 0 Å². The lowest BCUT2D eigenvalue weighted by molar-refractivity contribution is 0.0649. The largest absolute Gasteiger partial charge is 0.392 e. The highest BCUT2D eigenvalue weighted by Crippen LogP contribution is 2.18. The van der Waals surface area contributed by atoms with Gasteiger partial charge in [-0.2, -0.15) is 0 Å². The standard InChI is InChI=1S/C12H28O4Si/c1-5-13-9-11-15-17(7-3,8-4)16-12-10-14-6-2/h5-12H2,1-4H3. The van der Waals surface area contributed by atoms with Crippen LogP contribution in [0.3, 0.4) is 0 Å². The maximum absolute atomic E-state index is 5.95. The Balaban J connectivity index is 3.88. The first-order chi connectivity index (χ1) is 8.24. The second-order valence-electron chi connectivity index (χ2n) is 3.71. The van der Waals surface area contributed by atoms with Crippen LogP contribution in [0.15, 0.2) is 0 Å². The highest BCUT2D eigenvalue weighted by atomic mass is 28.4. The van der Waals surface area contributed by atoms with Gasteiger partial charge in [-0.25, -0.2) is 0 Å². The lowest BCUT2D eigenvalue weighted by Gasteiger charge is -2.28. The lowest BCUT2D eigenvalue weighted by atomic mass is 10.8. The average molecular weight is 264 g/mol. The molecule has 0 aromatic carbocycles. The van der Waals surface area contributed by atoms with E-state index in [9.17, 15) is 0 Å². The van der Waals surface area contributed by atoms with Crippen molar-refractivity contribution in [3.8, 4) is 0 Å². The normalized spacial score (nSPS) is 12.0. The predicted molar refractivity (Wildman–Crippen MR) is 71.6 cm³/mol. The fraction of sp³-hybridized carbons (Fsp3) is 1.00. The molecule has 0 saturated heterocycles. The SMILES string of the molecule is CCOCCO[Si](CC)(CC)OCCOCC. The summed E-state index contributed by atoms with van der Waals surface area (Å²) < 4.78 is 22.4. The van der Waals surface area contributed by atoms with Gasteiger partial charge in [0, 0.05) is 13.2 Å². The minimum atomic E-state index is -2.00. The van der Waals surface area contributed by atoms with Crippen molar-refractivity contribution in [2.75, 3.05) is 39.6 Å². The van der Waals surface area contributed by atoms with Gasteiger partial charge in [-0.1, -0.05) is 13.8 Å².